The van der Waals surface area contributed by atoms with Crippen LogP contribution in [-0.2, 0) is 16.1 Å². The molecule has 1 unspecified atom stereocenters. The number of nitrogens with one attached hydrogen (secondary N) is 3. The van der Waals surface area contributed by atoms with Crippen LogP contribution in [0.1, 0.15) is 25.8 Å². The number of allylic oxidation sites excluding steroid dienone is 5. The average molecular weight is 444 g/mol. The van der Waals surface area contributed by atoms with E-state index in [4.69, 9.17) is 11.6 Å². The molecule has 1 atom stereocenters. The summed E-state index contributed by atoms with van der Waals surface area (Å²) in [4.78, 5) is 28.1. The molecule has 0 aliphatic rings. The Morgan fingerprint density at radius 1 is 1.26 bits per heavy atom. The number of carbonyl (C=O) groups excluding carboxylic acids is 2. The number of nitrogens with zero attached hydrogens (tertiary/aromatic N) is 2. The van der Waals surface area contributed by atoms with Gasteiger partial charge in [0.25, 0.3) is 0 Å². The number of amides is 2. The molecule has 8 heteroatoms. The number of aromatic nitrogens is 2. The molecule has 31 heavy (non-hydrogen) atoms. The lowest BCUT2D eigenvalue weighted by Gasteiger charge is -2.13. The Balaban J connectivity index is 1.65. The molecule has 7 nitrogen and oxygen atoms in total. The highest BCUT2D eigenvalue weighted by Crippen LogP contribution is 2.13. The van der Waals surface area contributed by atoms with E-state index in [1.54, 1.807) is 16.7 Å². The second-order valence-corrected chi connectivity index (χ2v) is 7.70. The summed E-state index contributed by atoms with van der Waals surface area (Å²) >= 11 is 6.06. The van der Waals surface area contributed by atoms with Gasteiger partial charge < -0.3 is 16.0 Å². The molecule has 3 N–H and O–H groups in total. The Labute approximate surface area is 188 Å². The molecule has 0 spiro atoms. The maximum atomic E-state index is 12.0. The van der Waals surface area contributed by atoms with Gasteiger partial charge in [0.05, 0.1) is 19.3 Å². The summed E-state index contributed by atoms with van der Waals surface area (Å²) in [7, 11) is 0. The Kier molecular flexibility index (Phi) is 10.00. The molecule has 0 aliphatic heterocycles. The number of hydrogen-bond acceptors (Lipinski definition) is 4. The van der Waals surface area contributed by atoms with Crippen LogP contribution in [0.5, 0.6) is 0 Å². The molecule has 2 amide bonds. The van der Waals surface area contributed by atoms with Crippen LogP contribution in [0.3, 0.4) is 0 Å². The third kappa shape index (κ3) is 8.39. The molecule has 2 rings (SSSR count). The normalized spacial score (nSPS) is 12.8. The molecule has 0 radical (unpaired) electrons. The Hall–Kier alpha value is -2.90. The van der Waals surface area contributed by atoms with Gasteiger partial charge in [-0.05, 0) is 43.0 Å². The van der Waals surface area contributed by atoms with E-state index in [1.807, 2.05) is 37.4 Å². The lowest BCUT2D eigenvalue weighted by molar-refractivity contribution is -0.125. The highest BCUT2D eigenvalue weighted by Gasteiger charge is 2.08. The van der Waals surface area contributed by atoms with Crippen LogP contribution in [-0.4, -0.2) is 40.8 Å². The fraction of sp³-hybridized carbons (Fsp3) is 0.348. The highest BCUT2D eigenvalue weighted by atomic mass is 35.5. The van der Waals surface area contributed by atoms with Gasteiger partial charge in [-0.1, -0.05) is 55.5 Å². The molecule has 2 aromatic heterocycles. The van der Waals surface area contributed by atoms with Gasteiger partial charge in [0.15, 0.2) is 0 Å². The van der Waals surface area contributed by atoms with Crippen LogP contribution >= 0.6 is 11.6 Å². The SMILES string of the molecule is C=C/C=C(\C=C/C)CC(C)CNCC(=O)NCC(=O)NCc1ccc2ncc(Cl)n2c1. The smallest absolute Gasteiger partial charge is 0.239 e. The highest BCUT2D eigenvalue weighted by molar-refractivity contribution is 6.29. The van der Waals surface area contributed by atoms with Crippen LogP contribution < -0.4 is 16.0 Å². The lowest BCUT2D eigenvalue weighted by atomic mass is 10.0. The third-order valence-electron chi connectivity index (χ3n) is 4.53. The van der Waals surface area contributed by atoms with Gasteiger partial charge in [-0.2, -0.15) is 0 Å². The van der Waals surface area contributed by atoms with E-state index in [2.05, 4.69) is 40.5 Å². The quantitative estimate of drug-likeness (QED) is 0.440. The van der Waals surface area contributed by atoms with Gasteiger partial charge in [0.2, 0.25) is 11.8 Å². The third-order valence-corrected chi connectivity index (χ3v) is 4.81. The van der Waals surface area contributed by atoms with Crippen molar-refractivity contribution in [3.63, 3.8) is 0 Å². The molecule has 166 valence electrons. The summed E-state index contributed by atoms with van der Waals surface area (Å²) in [5, 5.41) is 9.04. The van der Waals surface area contributed by atoms with E-state index in [0.29, 0.717) is 24.2 Å². The minimum absolute atomic E-state index is 0.0718. The van der Waals surface area contributed by atoms with Crippen molar-refractivity contribution in [3.05, 3.63) is 71.7 Å². The first-order valence-electron chi connectivity index (χ1n) is 10.2. The van der Waals surface area contributed by atoms with E-state index in [1.165, 1.54) is 5.57 Å². The maximum Gasteiger partial charge on any atom is 0.239 e. The van der Waals surface area contributed by atoms with E-state index >= 15 is 0 Å². The number of pyridine rings is 1. The van der Waals surface area contributed by atoms with E-state index in [0.717, 1.165) is 17.6 Å². The summed E-state index contributed by atoms with van der Waals surface area (Å²) in [5.74, 6) is -0.117. The summed E-state index contributed by atoms with van der Waals surface area (Å²) in [6.07, 6.45) is 12.1. The molecular formula is C23H30ClN5O2. The number of halogens is 1. The molecular weight excluding hydrogens is 414 g/mol. The van der Waals surface area contributed by atoms with Crippen LogP contribution in [0.4, 0.5) is 0 Å². The van der Waals surface area contributed by atoms with Gasteiger partial charge in [-0.25, -0.2) is 4.98 Å². The molecule has 2 heterocycles. The number of fused-ring (bicyclic) bond motifs is 1. The summed E-state index contributed by atoms with van der Waals surface area (Å²) < 4.78 is 1.74. The van der Waals surface area contributed by atoms with E-state index in [-0.39, 0.29) is 24.9 Å². The topological polar surface area (TPSA) is 87.5 Å². The first-order valence-corrected chi connectivity index (χ1v) is 10.6. The second kappa shape index (κ2) is 12.7. The monoisotopic (exact) mass is 443 g/mol. The predicted octanol–water partition coefficient (Wildman–Crippen LogP) is 3.02. The molecule has 0 saturated carbocycles. The van der Waals surface area contributed by atoms with Crippen molar-refractivity contribution >= 4 is 29.1 Å². The zero-order valence-electron chi connectivity index (χ0n) is 18.0. The number of imidazole rings is 1. The molecule has 0 fully saturated rings. The molecule has 2 aromatic rings. The summed E-state index contributed by atoms with van der Waals surface area (Å²) in [6, 6.07) is 3.70. The maximum absolute atomic E-state index is 12.0. The van der Waals surface area contributed by atoms with Gasteiger partial charge >= 0.3 is 0 Å². The van der Waals surface area contributed by atoms with Crippen molar-refractivity contribution in [3.8, 4) is 0 Å². The van der Waals surface area contributed by atoms with Crippen molar-refractivity contribution in [1.29, 1.82) is 0 Å². The standard InChI is InChI=1S/C23H30ClN5O2/c1-4-6-18(7-5-2)10-17(3)11-25-14-22(30)28-15-23(31)27-12-19-8-9-21-26-13-20(24)29(21)16-19/h4-9,13,16-17,25H,1,10-12,14-15H2,2-3H3,(H,27,31)(H,28,30)/b7-5-,18-6+. The van der Waals surface area contributed by atoms with E-state index in [9.17, 15) is 9.59 Å². The zero-order valence-corrected chi connectivity index (χ0v) is 18.8. The number of carbonyl (C=O) groups is 2. The fourth-order valence-corrected chi connectivity index (χ4v) is 3.25. The first kappa shape index (κ1) is 24.4. The average Bonchev–Trinajstić information content (AvgIpc) is 3.11. The van der Waals surface area contributed by atoms with Crippen molar-refractivity contribution in [2.75, 3.05) is 19.6 Å². The Morgan fingerprint density at radius 3 is 2.77 bits per heavy atom. The first-order chi connectivity index (χ1) is 14.9. The van der Waals surface area contributed by atoms with Crippen LogP contribution in [0.25, 0.3) is 5.65 Å². The summed E-state index contributed by atoms with van der Waals surface area (Å²) in [6.45, 7) is 8.96. The molecule has 0 bridgehead atoms. The van der Waals surface area contributed by atoms with Crippen molar-refractivity contribution < 1.29 is 9.59 Å². The largest absolute Gasteiger partial charge is 0.350 e. The summed E-state index contributed by atoms with van der Waals surface area (Å²) in [5.41, 5.74) is 2.82. The molecule has 0 aliphatic carbocycles. The fourth-order valence-electron chi connectivity index (χ4n) is 3.07. The van der Waals surface area contributed by atoms with Crippen LogP contribution in [0.2, 0.25) is 5.15 Å². The van der Waals surface area contributed by atoms with Crippen molar-refractivity contribution in [2.24, 2.45) is 5.92 Å². The minimum Gasteiger partial charge on any atom is -0.350 e. The van der Waals surface area contributed by atoms with Gasteiger partial charge in [-0.3, -0.25) is 14.0 Å². The van der Waals surface area contributed by atoms with Gasteiger partial charge in [0.1, 0.15) is 10.8 Å². The van der Waals surface area contributed by atoms with Crippen LogP contribution in [0, 0.1) is 5.92 Å². The molecule has 0 saturated heterocycles. The van der Waals surface area contributed by atoms with Crippen LogP contribution in [0.15, 0.2) is 61.0 Å². The zero-order chi connectivity index (χ0) is 22.6. The Bertz CT molecular complexity index is 964. The second-order valence-electron chi connectivity index (χ2n) is 7.32. The number of rotatable bonds is 12. The van der Waals surface area contributed by atoms with Gasteiger partial charge in [0, 0.05) is 12.7 Å². The predicted molar refractivity (Wildman–Crippen MR) is 125 cm³/mol. The lowest BCUT2D eigenvalue weighted by Crippen LogP contribution is -2.41. The number of hydrogen-bond donors (Lipinski definition) is 3. The van der Waals surface area contributed by atoms with E-state index < -0.39 is 0 Å². The van der Waals surface area contributed by atoms with Crippen molar-refractivity contribution in [1.82, 2.24) is 25.3 Å². The Morgan fingerprint density at radius 2 is 2.03 bits per heavy atom. The van der Waals surface area contributed by atoms with Gasteiger partial charge in [-0.15, -0.1) is 0 Å². The molecule has 0 aromatic carbocycles. The minimum atomic E-state index is -0.260. The van der Waals surface area contributed by atoms with Crippen molar-refractivity contribution in [2.45, 2.75) is 26.8 Å².